The van der Waals surface area contributed by atoms with Gasteiger partial charge in [0, 0.05) is 20.2 Å². The zero-order valence-corrected chi connectivity index (χ0v) is 8.83. The van der Waals surface area contributed by atoms with Crippen molar-refractivity contribution in [1.82, 2.24) is 16.0 Å². The Labute approximate surface area is 83.2 Å². The van der Waals surface area contributed by atoms with Gasteiger partial charge in [-0.3, -0.25) is 5.32 Å². The number of amides is 2. The van der Waals surface area contributed by atoms with Crippen LogP contribution in [0.15, 0.2) is 0 Å². The van der Waals surface area contributed by atoms with Gasteiger partial charge in [-0.1, -0.05) is 0 Å². The van der Waals surface area contributed by atoms with E-state index in [2.05, 4.69) is 16.0 Å². The van der Waals surface area contributed by atoms with E-state index in [1.54, 1.807) is 7.11 Å². The first-order chi connectivity index (χ1) is 6.10. The molecule has 0 aromatic heterocycles. The second-order valence-corrected chi connectivity index (χ2v) is 2.94. The first-order valence-electron chi connectivity index (χ1n) is 3.88. The highest BCUT2D eigenvalue weighted by atomic mass is 32.1. The van der Waals surface area contributed by atoms with Gasteiger partial charge in [0.25, 0.3) is 0 Å². The van der Waals surface area contributed by atoms with Crippen LogP contribution in [0.2, 0.25) is 0 Å². The van der Waals surface area contributed by atoms with Crippen LogP contribution in [0, 0.1) is 0 Å². The number of carbonyl (C=O) groups excluding carboxylic acids is 1. The standard InChI is InChI=1S/C7H15N3O2S/c1-5(4-12-3)9-7(13)10-6(11)8-2/h5H,4H2,1-3H3,(H3,8,9,10,11,13). The molecule has 0 fully saturated rings. The van der Waals surface area contributed by atoms with Gasteiger partial charge in [0.2, 0.25) is 0 Å². The number of rotatable bonds is 3. The van der Waals surface area contributed by atoms with E-state index in [4.69, 9.17) is 17.0 Å². The van der Waals surface area contributed by atoms with Crippen LogP contribution in [0.25, 0.3) is 0 Å². The Morgan fingerprint density at radius 2 is 2.23 bits per heavy atom. The molecule has 0 saturated heterocycles. The number of urea groups is 1. The Hall–Kier alpha value is -0.880. The normalized spacial score (nSPS) is 11.6. The van der Waals surface area contributed by atoms with Gasteiger partial charge in [-0.2, -0.15) is 0 Å². The van der Waals surface area contributed by atoms with Crippen LogP contribution in [-0.2, 0) is 4.74 Å². The number of hydrogen-bond donors (Lipinski definition) is 3. The van der Waals surface area contributed by atoms with Crippen LogP contribution >= 0.6 is 12.2 Å². The lowest BCUT2D eigenvalue weighted by molar-refractivity contribution is 0.179. The molecule has 1 atom stereocenters. The van der Waals surface area contributed by atoms with Crippen molar-refractivity contribution in [2.24, 2.45) is 0 Å². The highest BCUT2D eigenvalue weighted by Crippen LogP contribution is 1.81. The molecule has 0 spiro atoms. The summed E-state index contributed by atoms with van der Waals surface area (Å²) in [5, 5.41) is 8.00. The van der Waals surface area contributed by atoms with Crippen molar-refractivity contribution in [1.29, 1.82) is 0 Å². The van der Waals surface area contributed by atoms with E-state index in [0.717, 1.165) is 0 Å². The molecular formula is C7H15N3O2S. The minimum absolute atomic E-state index is 0.0784. The molecule has 76 valence electrons. The van der Waals surface area contributed by atoms with Crippen LogP contribution in [0.1, 0.15) is 6.92 Å². The number of thiocarbonyl (C=S) groups is 1. The number of hydrogen-bond acceptors (Lipinski definition) is 3. The molecule has 6 heteroatoms. The maximum absolute atomic E-state index is 10.8. The second-order valence-electron chi connectivity index (χ2n) is 2.53. The lowest BCUT2D eigenvalue weighted by Crippen LogP contribution is -2.47. The average molecular weight is 205 g/mol. The molecule has 0 saturated carbocycles. The van der Waals surface area contributed by atoms with Crippen LogP contribution in [0.5, 0.6) is 0 Å². The van der Waals surface area contributed by atoms with Crippen LogP contribution < -0.4 is 16.0 Å². The lowest BCUT2D eigenvalue weighted by atomic mass is 10.4. The molecule has 13 heavy (non-hydrogen) atoms. The van der Waals surface area contributed by atoms with Crippen molar-refractivity contribution in [3.8, 4) is 0 Å². The molecule has 1 unspecified atom stereocenters. The van der Waals surface area contributed by atoms with Crippen LogP contribution in [0.4, 0.5) is 4.79 Å². The van der Waals surface area contributed by atoms with Crippen LogP contribution in [0.3, 0.4) is 0 Å². The lowest BCUT2D eigenvalue weighted by Gasteiger charge is -2.14. The number of ether oxygens (including phenoxy) is 1. The summed E-state index contributed by atoms with van der Waals surface area (Å²) in [5.41, 5.74) is 0. The van der Waals surface area contributed by atoms with E-state index in [1.807, 2.05) is 6.92 Å². The summed E-state index contributed by atoms with van der Waals surface area (Å²) in [6.07, 6.45) is 0. The average Bonchev–Trinajstić information content (AvgIpc) is 2.04. The third kappa shape index (κ3) is 6.30. The molecule has 2 amide bonds. The van der Waals surface area contributed by atoms with Gasteiger partial charge < -0.3 is 15.4 Å². The topological polar surface area (TPSA) is 62.4 Å². The third-order valence-corrected chi connectivity index (χ3v) is 1.47. The molecular weight excluding hydrogens is 190 g/mol. The predicted octanol–water partition coefficient (Wildman–Crippen LogP) is -0.175. The van der Waals surface area contributed by atoms with Crippen molar-refractivity contribution in [2.45, 2.75) is 13.0 Å². The molecule has 5 nitrogen and oxygen atoms in total. The fraction of sp³-hybridized carbons (Fsp3) is 0.714. The Bertz CT molecular complexity index is 187. The smallest absolute Gasteiger partial charge is 0.320 e. The number of nitrogens with one attached hydrogen (secondary N) is 3. The zero-order valence-electron chi connectivity index (χ0n) is 8.01. The van der Waals surface area contributed by atoms with E-state index in [0.29, 0.717) is 11.7 Å². The highest BCUT2D eigenvalue weighted by molar-refractivity contribution is 7.80. The summed E-state index contributed by atoms with van der Waals surface area (Å²) in [4.78, 5) is 10.8. The maximum atomic E-state index is 10.8. The van der Waals surface area contributed by atoms with Gasteiger partial charge in [-0.05, 0) is 19.1 Å². The minimum Gasteiger partial charge on any atom is -0.383 e. The highest BCUT2D eigenvalue weighted by Gasteiger charge is 2.05. The van der Waals surface area contributed by atoms with Crippen molar-refractivity contribution in [3.05, 3.63) is 0 Å². The Morgan fingerprint density at radius 3 is 2.69 bits per heavy atom. The Balaban J connectivity index is 3.67. The third-order valence-electron chi connectivity index (χ3n) is 1.25. The van der Waals surface area contributed by atoms with Gasteiger partial charge >= 0.3 is 6.03 Å². The van der Waals surface area contributed by atoms with Crippen LogP contribution in [-0.4, -0.2) is 37.9 Å². The molecule has 0 heterocycles. The molecule has 0 aromatic rings. The fourth-order valence-electron chi connectivity index (χ4n) is 0.717. The molecule has 0 bridgehead atoms. The fourth-order valence-corrected chi connectivity index (χ4v) is 1.01. The van der Waals surface area contributed by atoms with E-state index >= 15 is 0 Å². The molecule has 0 aliphatic heterocycles. The van der Waals surface area contributed by atoms with Gasteiger partial charge in [-0.25, -0.2) is 4.79 Å². The van der Waals surface area contributed by atoms with Gasteiger partial charge in [0.15, 0.2) is 5.11 Å². The van der Waals surface area contributed by atoms with Crippen molar-refractivity contribution in [2.75, 3.05) is 20.8 Å². The van der Waals surface area contributed by atoms with E-state index < -0.39 is 0 Å². The van der Waals surface area contributed by atoms with Crippen molar-refractivity contribution in [3.63, 3.8) is 0 Å². The molecule has 0 rings (SSSR count). The molecule has 0 radical (unpaired) electrons. The molecule has 0 aliphatic rings. The largest absolute Gasteiger partial charge is 0.383 e. The van der Waals surface area contributed by atoms with Gasteiger partial charge in [0.05, 0.1) is 6.61 Å². The maximum Gasteiger partial charge on any atom is 0.320 e. The first-order valence-corrected chi connectivity index (χ1v) is 4.29. The second kappa shape index (κ2) is 6.62. The summed E-state index contributed by atoms with van der Waals surface area (Å²) in [6, 6.07) is -0.253. The van der Waals surface area contributed by atoms with Gasteiger partial charge in [-0.15, -0.1) is 0 Å². The molecule has 0 aromatic carbocycles. The summed E-state index contributed by atoms with van der Waals surface area (Å²) in [6.45, 7) is 2.44. The number of carbonyl (C=O) groups is 1. The SMILES string of the molecule is CNC(=O)NC(=S)NC(C)COC. The summed E-state index contributed by atoms with van der Waals surface area (Å²) < 4.78 is 4.89. The molecule has 3 N–H and O–H groups in total. The molecule has 0 aliphatic carbocycles. The Kier molecular flexibility index (Phi) is 6.17. The summed E-state index contributed by atoms with van der Waals surface area (Å²) in [7, 11) is 3.13. The van der Waals surface area contributed by atoms with Crippen molar-refractivity contribution >= 4 is 23.4 Å². The minimum atomic E-state index is -0.331. The predicted molar refractivity (Wildman–Crippen MR) is 54.7 cm³/mol. The van der Waals surface area contributed by atoms with Crippen molar-refractivity contribution < 1.29 is 9.53 Å². The monoisotopic (exact) mass is 205 g/mol. The zero-order chi connectivity index (χ0) is 10.3. The quantitative estimate of drug-likeness (QED) is 0.560. The van der Waals surface area contributed by atoms with E-state index in [-0.39, 0.29) is 12.1 Å². The van der Waals surface area contributed by atoms with E-state index in [9.17, 15) is 4.79 Å². The van der Waals surface area contributed by atoms with E-state index in [1.165, 1.54) is 7.05 Å². The number of methoxy groups -OCH3 is 1. The first kappa shape index (κ1) is 12.1. The van der Waals surface area contributed by atoms with Gasteiger partial charge in [0.1, 0.15) is 0 Å². The summed E-state index contributed by atoms with van der Waals surface area (Å²) in [5.74, 6) is 0. The summed E-state index contributed by atoms with van der Waals surface area (Å²) >= 11 is 4.85. The Morgan fingerprint density at radius 1 is 1.62 bits per heavy atom.